The van der Waals surface area contributed by atoms with Gasteiger partial charge in [-0.1, -0.05) is 20.8 Å². The van der Waals surface area contributed by atoms with E-state index in [1.165, 1.54) is 11.3 Å². The predicted molar refractivity (Wildman–Crippen MR) is 54.9 cm³/mol. The van der Waals surface area contributed by atoms with Crippen LogP contribution in [0.15, 0.2) is 18.5 Å². The molecule has 0 saturated heterocycles. The molecule has 2 heteroatoms. The summed E-state index contributed by atoms with van der Waals surface area (Å²) in [5, 5.41) is 3.42. The molecule has 0 amide bonds. The van der Waals surface area contributed by atoms with E-state index < -0.39 is 0 Å². The Morgan fingerprint density at radius 1 is 1.46 bits per heavy atom. The van der Waals surface area contributed by atoms with Gasteiger partial charge in [0.1, 0.15) is 0 Å². The smallest absolute Gasteiger partial charge is 0.0407 e. The van der Waals surface area contributed by atoms with Gasteiger partial charge in [0, 0.05) is 30.5 Å². The van der Waals surface area contributed by atoms with E-state index in [2.05, 4.69) is 37.1 Å². The largest absolute Gasteiger partial charge is 0.384 e. The second kappa shape index (κ2) is 2.72. The average molecular weight is 176 g/mol. The van der Waals surface area contributed by atoms with Crippen LogP contribution in [0.25, 0.3) is 0 Å². The van der Waals surface area contributed by atoms with Gasteiger partial charge in [0.05, 0.1) is 0 Å². The Morgan fingerprint density at radius 2 is 2.23 bits per heavy atom. The maximum Gasteiger partial charge on any atom is 0.0407 e. The van der Waals surface area contributed by atoms with Gasteiger partial charge in [0.2, 0.25) is 0 Å². The Balaban J connectivity index is 2.39. The number of hydrogen-bond donors (Lipinski definition) is 1. The van der Waals surface area contributed by atoms with Crippen LogP contribution in [0.1, 0.15) is 32.3 Å². The van der Waals surface area contributed by atoms with Gasteiger partial charge in [-0.05, 0) is 17.0 Å². The number of nitrogens with one attached hydrogen (secondary N) is 1. The molecule has 0 fully saturated rings. The highest BCUT2D eigenvalue weighted by Gasteiger charge is 2.31. The van der Waals surface area contributed by atoms with E-state index in [4.69, 9.17) is 0 Å². The molecule has 1 aromatic heterocycles. The summed E-state index contributed by atoms with van der Waals surface area (Å²) in [5.74, 6) is 0.594. The van der Waals surface area contributed by atoms with Gasteiger partial charge in [0.15, 0.2) is 0 Å². The molecule has 2 rings (SSSR count). The van der Waals surface area contributed by atoms with Crippen molar-refractivity contribution in [1.82, 2.24) is 4.98 Å². The number of fused-ring (bicyclic) bond motifs is 1. The molecule has 0 aliphatic carbocycles. The first-order valence-corrected chi connectivity index (χ1v) is 4.77. The lowest BCUT2D eigenvalue weighted by Gasteiger charge is -2.26. The summed E-state index contributed by atoms with van der Waals surface area (Å²) in [6.07, 6.45) is 3.84. The molecule has 1 N–H and O–H groups in total. The third-order valence-electron chi connectivity index (χ3n) is 2.77. The van der Waals surface area contributed by atoms with Crippen LogP contribution in [0.4, 0.5) is 5.69 Å². The molecule has 70 valence electrons. The third kappa shape index (κ3) is 1.41. The SMILES string of the molecule is CC(C)(C)C1CNc2ccncc21. The quantitative estimate of drug-likeness (QED) is 0.657. The average Bonchev–Trinajstić information content (AvgIpc) is 2.45. The summed E-state index contributed by atoms with van der Waals surface area (Å²) in [4.78, 5) is 4.18. The molecule has 0 radical (unpaired) electrons. The fourth-order valence-electron chi connectivity index (χ4n) is 1.94. The Hall–Kier alpha value is -1.05. The summed E-state index contributed by atoms with van der Waals surface area (Å²) in [7, 11) is 0. The van der Waals surface area contributed by atoms with Crippen molar-refractivity contribution in [2.24, 2.45) is 5.41 Å². The Bertz CT molecular complexity index is 312. The Labute approximate surface area is 79.4 Å². The number of hydrogen-bond acceptors (Lipinski definition) is 2. The lowest BCUT2D eigenvalue weighted by Crippen LogP contribution is -2.19. The molecule has 1 aromatic rings. The van der Waals surface area contributed by atoms with Crippen molar-refractivity contribution in [1.29, 1.82) is 0 Å². The first kappa shape index (κ1) is 8.54. The molecule has 1 aliphatic heterocycles. The molecule has 0 aromatic carbocycles. The molecule has 0 spiro atoms. The van der Waals surface area contributed by atoms with Crippen LogP contribution >= 0.6 is 0 Å². The number of rotatable bonds is 0. The van der Waals surface area contributed by atoms with Crippen molar-refractivity contribution in [3.8, 4) is 0 Å². The van der Waals surface area contributed by atoms with Crippen molar-refractivity contribution >= 4 is 5.69 Å². The van der Waals surface area contributed by atoms with Crippen LogP contribution in [-0.2, 0) is 0 Å². The zero-order valence-electron chi connectivity index (χ0n) is 8.46. The van der Waals surface area contributed by atoms with Gasteiger partial charge in [-0.3, -0.25) is 4.98 Å². The van der Waals surface area contributed by atoms with E-state index in [0.717, 1.165) is 6.54 Å². The van der Waals surface area contributed by atoms with Crippen LogP contribution in [0.3, 0.4) is 0 Å². The van der Waals surface area contributed by atoms with Gasteiger partial charge in [-0.2, -0.15) is 0 Å². The van der Waals surface area contributed by atoms with Crippen LogP contribution in [-0.4, -0.2) is 11.5 Å². The normalized spacial score (nSPS) is 21.0. The molecule has 0 saturated carbocycles. The molecule has 1 atom stereocenters. The molecule has 1 unspecified atom stereocenters. The zero-order valence-corrected chi connectivity index (χ0v) is 8.46. The predicted octanol–water partition coefficient (Wildman–Crippen LogP) is 2.64. The maximum absolute atomic E-state index is 4.18. The van der Waals surface area contributed by atoms with Gasteiger partial charge in [-0.25, -0.2) is 0 Å². The first-order chi connectivity index (χ1) is 6.09. The number of anilines is 1. The molecular formula is C11H16N2. The third-order valence-corrected chi connectivity index (χ3v) is 2.77. The van der Waals surface area contributed by atoms with Crippen LogP contribution in [0.2, 0.25) is 0 Å². The number of nitrogens with zero attached hydrogens (tertiary/aromatic N) is 1. The van der Waals surface area contributed by atoms with Crippen molar-refractivity contribution in [2.75, 3.05) is 11.9 Å². The van der Waals surface area contributed by atoms with E-state index in [0.29, 0.717) is 11.3 Å². The van der Waals surface area contributed by atoms with E-state index in [1.807, 2.05) is 12.4 Å². The van der Waals surface area contributed by atoms with E-state index in [1.54, 1.807) is 0 Å². The van der Waals surface area contributed by atoms with Crippen LogP contribution in [0.5, 0.6) is 0 Å². The van der Waals surface area contributed by atoms with Crippen LogP contribution < -0.4 is 5.32 Å². The molecule has 0 bridgehead atoms. The van der Waals surface area contributed by atoms with E-state index in [9.17, 15) is 0 Å². The fraction of sp³-hybridized carbons (Fsp3) is 0.545. The van der Waals surface area contributed by atoms with Crippen molar-refractivity contribution in [2.45, 2.75) is 26.7 Å². The summed E-state index contributed by atoms with van der Waals surface area (Å²) in [6, 6.07) is 2.06. The number of aromatic nitrogens is 1. The highest BCUT2D eigenvalue weighted by Crippen LogP contribution is 2.41. The van der Waals surface area contributed by atoms with Crippen molar-refractivity contribution < 1.29 is 0 Å². The Kier molecular flexibility index (Phi) is 1.79. The molecule has 2 nitrogen and oxygen atoms in total. The van der Waals surface area contributed by atoms with Gasteiger partial charge < -0.3 is 5.32 Å². The second-order valence-electron chi connectivity index (χ2n) is 4.76. The molecule has 1 aliphatic rings. The maximum atomic E-state index is 4.18. The van der Waals surface area contributed by atoms with Crippen molar-refractivity contribution in [3.05, 3.63) is 24.0 Å². The second-order valence-corrected chi connectivity index (χ2v) is 4.76. The Morgan fingerprint density at radius 3 is 2.92 bits per heavy atom. The highest BCUT2D eigenvalue weighted by molar-refractivity contribution is 5.56. The topological polar surface area (TPSA) is 24.9 Å². The summed E-state index contributed by atoms with van der Waals surface area (Å²) in [6.45, 7) is 7.88. The monoisotopic (exact) mass is 176 g/mol. The summed E-state index contributed by atoms with van der Waals surface area (Å²) >= 11 is 0. The minimum Gasteiger partial charge on any atom is -0.384 e. The minimum atomic E-state index is 0.321. The molecular weight excluding hydrogens is 160 g/mol. The van der Waals surface area contributed by atoms with Crippen LogP contribution in [0, 0.1) is 5.41 Å². The lowest BCUT2D eigenvalue weighted by atomic mass is 9.78. The van der Waals surface area contributed by atoms with Gasteiger partial charge in [-0.15, -0.1) is 0 Å². The lowest BCUT2D eigenvalue weighted by molar-refractivity contribution is 0.339. The number of pyridine rings is 1. The zero-order chi connectivity index (χ0) is 9.47. The van der Waals surface area contributed by atoms with E-state index in [-0.39, 0.29) is 0 Å². The molecule has 2 heterocycles. The fourth-order valence-corrected chi connectivity index (χ4v) is 1.94. The van der Waals surface area contributed by atoms with Gasteiger partial charge in [0.25, 0.3) is 0 Å². The minimum absolute atomic E-state index is 0.321. The van der Waals surface area contributed by atoms with Crippen molar-refractivity contribution in [3.63, 3.8) is 0 Å². The summed E-state index contributed by atoms with van der Waals surface area (Å²) in [5.41, 5.74) is 2.95. The summed E-state index contributed by atoms with van der Waals surface area (Å²) < 4.78 is 0. The highest BCUT2D eigenvalue weighted by atomic mass is 14.9. The van der Waals surface area contributed by atoms with E-state index >= 15 is 0 Å². The standard InChI is InChI=1S/C11H16N2/c1-11(2,3)9-7-13-10-4-5-12-6-8(9)10/h4-6,9,13H,7H2,1-3H3. The molecule has 13 heavy (non-hydrogen) atoms. The van der Waals surface area contributed by atoms with Gasteiger partial charge >= 0.3 is 0 Å². The first-order valence-electron chi connectivity index (χ1n) is 4.77.